The number of benzene rings is 1. The van der Waals surface area contributed by atoms with Crippen LogP contribution in [0.3, 0.4) is 0 Å². The average molecular weight is 366 g/mol. The summed E-state index contributed by atoms with van der Waals surface area (Å²) in [5.74, 6) is 1.36. The number of hydrogen-bond acceptors (Lipinski definition) is 2. The van der Waals surface area contributed by atoms with Crippen molar-refractivity contribution in [3.05, 3.63) is 56.7 Å². The predicted octanol–water partition coefficient (Wildman–Crippen LogP) is 5.16. The van der Waals surface area contributed by atoms with Crippen molar-refractivity contribution in [1.82, 2.24) is 5.32 Å². The molecule has 1 unspecified atom stereocenters. The van der Waals surface area contributed by atoms with Crippen molar-refractivity contribution in [2.24, 2.45) is 11.8 Å². The van der Waals surface area contributed by atoms with Gasteiger partial charge in [0.2, 0.25) is 0 Å². The molecule has 0 aliphatic carbocycles. The Morgan fingerprint density at radius 3 is 2.33 bits per heavy atom. The molecule has 0 aliphatic rings. The highest BCUT2D eigenvalue weighted by Gasteiger charge is 2.11. The van der Waals surface area contributed by atoms with Gasteiger partial charge in [0.05, 0.1) is 0 Å². The fourth-order valence-electron chi connectivity index (χ4n) is 2.49. The maximum absolute atomic E-state index is 3.62. The molecule has 1 N–H and O–H groups in total. The highest BCUT2D eigenvalue weighted by molar-refractivity contribution is 9.10. The van der Waals surface area contributed by atoms with Crippen LogP contribution in [-0.4, -0.2) is 13.1 Å². The van der Waals surface area contributed by atoms with Crippen LogP contribution in [0.25, 0.3) is 0 Å². The lowest BCUT2D eigenvalue weighted by Crippen LogP contribution is -2.28. The first-order valence-electron chi connectivity index (χ1n) is 7.59. The van der Waals surface area contributed by atoms with E-state index in [9.17, 15) is 0 Å². The van der Waals surface area contributed by atoms with Crippen molar-refractivity contribution in [1.29, 1.82) is 0 Å². The lowest BCUT2D eigenvalue weighted by molar-refractivity contribution is 0.445. The molecule has 1 aromatic heterocycles. The number of halogens is 1. The van der Waals surface area contributed by atoms with Gasteiger partial charge >= 0.3 is 0 Å². The van der Waals surface area contributed by atoms with Gasteiger partial charge < -0.3 is 5.32 Å². The van der Waals surface area contributed by atoms with Crippen molar-refractivity contribution < 1.29 is 0 Å². The molecule has 21 heavy (non-hydrogen) atoms. The van der Waals surface area contributed by atoms with Crippen LogP contribution in [0.4, 0.5) is 0 Å². The summed E-state index contributed by atoms with van der Waals surface area (Å²) in [5, 5.41) is 8.07. The molecule has 1 nitrogen and oxygen atoms in total. The summed E-state index contributed by atoms with van der Waals surface area (Å²) in [7, 11) is 0. The Bertz CT molecular complexity index is 505. The van der Waals surface area contributed by atoms with Crippen LogP contribution >= 0.6 is 27.3 Å². The first kappa shape index (κ1) is 16.7. The number of nitrogens with one attached hydrogen (secondary N) is 1. The Labute approximate surface area is 140 Å². The molecule has 2 aromatic rings. The number of hydrogen-bond donors (Lipinski definition) is 1. The van der Waals surface area contributed by atoms with Crippen LogP contribution in [0, 0.1) is 11.8 Å². The Morgan fingerprint density at radius 1 is 1.00 bits per heavy atom. The first-order valence-corrected chi connectivity index (χ1v) is 9.33. The van der Waals surface area contributed by atoms with Gasteiger partial charge in [0.1, 0.15) is 0 Å². The summed E-state index contributed by atoms with van der Waals surface area (Å²) in [5.41, 5.74) is 2.89. The largest absolute Gasteiger partial charge is 0.316 e. The van der Waals surface area contributed by atoms with Crippen LogP contribution in [0.2, 0.25) is 0 Å². The van der Waals surface area contributed by atoms with E-state index in [1.807, 2.05) is 0 Å². The predicted molar refractivity (Wildman–Crippen MR) is 97.1 cm³/mol. The summed E-state index contributed by atoms with van der Waals surface area (Å²) < 4.78 is 1.15. The van der Waals surface area contributed by atoms with Crippen LogP contribution in [-0.2, 0) is 12.8 Å². The topological polar surface area (TPSA) is 12.0 Å². The number of thiophene rings is 1. The Balaban J connectivity index is 1.95. The van der Waals surface area contributed by atoms with E-state index in [-0.39, 0.29) is 0 Å². The lowest BCUT2D eigenvalue weighted by Gasteiger charge is -2.18. The summed E-state index contributed by atoms with van der Waals surface area (Å²) in [6, 6.07) is 11.0. The molecule has 0 fully saturated rings. The molecule has 3 heteroatoms. The zero-order valence-corrected chi connectivity index (χ0v) is 15.2. The summed E-state index contributed by atoms with van der Waals surface area (Å²) in [6.45, 7) is 6.70. The Hall–Kier alpha value is -0.640. The van der Waals surface area contributed by atoms with Gasteiger partial charge in [-0.25, -0.2) is 0 Å². The minimum Gasteiger partial charge on any atom is -0.316 e. The van der Waals surface area contributed by atoms with E-state index >= 15 is 0 Å². The van der Waals surface area contributed by atoms with Gasteiger partial charge in [-0.3, -0.25) is 0 Å². The third-order valence-electron chi connectivity index (χ3n) is 3.53. The van der Waals surface area contributed by atoms with Crippen molar-refractivity contribution in [2.75, 3.05) is 13.1 Å². The summed E-state index contributed by atoms with van der Waals surface area (Å²) in [4.78, 5) is 0. The van der Waals surface area contributed by atoms with E-state index < -0.39 is 0 Å². The fraction of sp³-hybridized carbons (Fsp3) is 0.444. The summed E-state index contributed by atoms with van der Waals surface area (Å²) in [6.07, 6.45) is 2.29. The first-order chi connectivity index (χ1) is 10.1. The van der Waals surface area contributed by atoms with Gasteiger partial charge in [-0.2, -0.15) is 11.3 Å². The highest BCUT2D eigenvalue weighted by Crippen LogP contribution is 2.18. The molecule has 0 saturated heterocycles. The Kier molecular flexibility index (Phi) is 6.94. The third kappa shape index (κ3) is 6.33. The molecule has 0 aliphatic heterocycles. The molecule has 2 rings (SSSR count). The molecule has 1 atom stereocenters. The minimum atomic E-state index is 0.652. The van der Waals surface area contributed by atoms with Crippen molar-refractivity contribution >= 4 is 27.3 Å². The molecule has 114 valence electrons. The summed E-state index contributed by atoms with van der Waals surface area (Å²) >= 11 is 5.30. The third-order valence-corrected chi connectivity index (χ3v) is 4.79. The van der Waals surface area contributed by atoms with Gasteiger partial charge in [-0.05, 0) is 77.9 Å². The van der Waals surface area contributed by atoms with Crippen LogP contribution < -0.4 is 5.32 Å². The number of rotatable bonds is 8. The van der Waals surface area contributed by atoms with E-state index in [2.05, 4.69) is 76.2 Å². The second kappa shape index (κ2) is 8.72. The molecule has 0 saturated carbocycles. The van der Waals surface area contributed by atoms with E-state index in [4.69, 9.17) is 0 Å². The molecular formula is C18H24BrNS. The molecular weight excluding hydrogens is 342 g/mol. The van der Waals surface area contributed by atoms with Crippen molar-refractivity contribution in [3.63, 3.8) is 0 Å². The van der Waals surface area contributed by atoms with Gasteiger partial charge in [-0.1, -0.05) is 41.9 Å². The van der Waals surface area contributed by atoms with E-state index in [1.165, 1.54) is 11.1 Å². The minimum absolute atomic E-state index is 0.652. The maximum atomic E-state index is 3.62. The molecule has 0 spiro atoms. The fourth-order valence-corrected chi connectivity index (χ4v) is 3.43. The van der Waals surface area contributed by atoms with Crippen LogP contribution in [0.15, 0.2) is 45.6 Å². The smallest absolute Gasteiger partial charge is 0.0175 e. The van der Waals surface area contributed by atoms with E-state index in [0.29, 0.717) is 11.8 Å². The monoisotopic (exact) mass is 365 g/mol. The normalized spacial score (nSPS) is 12.8. The second-order valence-electron chi connectivity index (χ2n) is 6.08. The van der Waals surface area contributed by atoms with Crippen LogP contribution in [0.5, 0.6) is 0 Å². The molecule has 0 radical (unpaired) electrons. The second-order valence-corrected chi connectivity index (χ2v) is 7.78. The molecule has 0 amide bonds. The van der Waals surface area contributed by atoms with Gasteiger partial charge in [0, 0.05) is 4.47 Å². The molecule has 1 aromatic carbocycles. The van der Waals surface area contributed by atoms with Gasteiger partial charge in [-0.15, -0.1) is 0 Å². The SMILES string of the molecule is CC(C)CNCC(Cc1ccc(Br)cc1)Cc1ccsc1. The van der Waals surface area contributed by atoms with E-state index in [0.717, 1.165) is 30.4 Å². The average Bonchev–Trinajstić information content (AvgIpc) is 2.94. The van der Waals surface area contributed by atoms with Gasteiger partial charge in [0.25, 0.3) is 0 Å². The molecule has 0 bridgehead atoms. The Morgan fingerprint density at radius 2 is 1.71 bits per heavy atom. The maximum Gasteiger partial charge on any atom is 0.0175 e. The zero-order valence-electron chi connectivity index (χ0n) is 12.8. The van der Waals surface area contributed by atoms with Crippen molar-refractivity contribution in [3.8, 4) is 0 Å². The zero-order chi connectivity index (χ0) is 15.1. The standard InChI is InChI=1S/C18H24BrNS/c1-14(2)11-20-12-17(10-16-7-8-21-13-16)9-15-3-5-18(19)6-4-15/h3-8,13-14,17,20H,9-12H2,1-2H3. The lowest BCUT2D eigenvalue weighted by atomic mass is 9.93. The molecule has 1 heterocycles. The van der Waals surface area contributed by atoms with Crippen LogP contribution in [0.1, 0.15) is 25.0 Å². The van der Waals surface area contributed by atoms with E-state index in [1.54, 1.807) is 11.3 Å². The van der Waals surface area contributed by atoms with Gasteiger partial charge in [0.15, 0.2) is 0 Å². The quantitative estimate of drug-likeness (QED) is 0.681. The van der Waals surface area contributed by atoms with Crippen molar-refractivity contribution in [2.45, 2.75) is 26.7 Å². The highest BCUT2D eigenvalue weighted by atomic mass is 79.9.